The van der Waals surface area contributed by atoms with Crippen molar-refractivity contribution in [2.45, 2.75) is 60.3 Å². The highest BCUT2D eigenvalue weighted by Crippen LogP contribution is 2.46. The van der Waals surface area contributed by atoms with Gasteiger partial charge in [0.2, 0.25) is 0 Å². The second-order valence-electron chi connectivity index (χ2n) is 9.57. The Morgan fingerprint density at radius 1 is 1.03 bits per heavy atom. The summed E-state index contributed by atoms with van der Waals surface area (Å²) in [5.41, 5.74) is 21.6. The summed E-state index contributed by atoms with van der Waals surface area (Å²) in [6, 6.07) is 11.1. The molecule has 2 aromatic carbocycles. The van der Waals surface area contributed by atoms with E-state index in [2.05, 4.69) is 57.6 Å². The lowest BCUT2D eigenvalue weighted by Gasteiger charge is -2.39. The molecule has 4 N–H and O–H groups in total. The molecule has 0 spiro atoms. The van der Waals surface area contributed by atoms with Crippen LogP contribution in [0.2, 0.25) is 0 Å². The molecule has 0 unspecified atom stereocenters. The van der Waals surface area contributed by atoms with Crippen LogP contribution in [0.3, 0.4) is 0 Å². The fraction of sp³-hybridized carbons (Fsp3) is 0.500. The van der Waals surface area contributed by atoms with Gasteiger partial charge in [0.25, 0.3) is 0 Å². The van der Waals surface area contributed by atoms with E-state index in [1.54, 1.807) is 12.1 Å². The highest BCUT2D eigenvalue weighted by atomic mass is 19.1. The van der Waals surface area contributed by atoms with E-state index < -0.39 is 0 Å². The lowest BCUT2D eigenvalue weighted by Crippen LogP contribution is -2.42. The SMILES string of the molecule is CCC(CC)CNNCC1CC(/C(=C(/N)c2ccc(F)cc2)c2cc(C)cc(C)c2C)C1. The molecule has 0 aliphatic heterocycles. The average Bonchev–Trinajstić information content (AvgIpc) is 2.74. The van der Waals surface area contributed by atoms with Crippen molar-refractivity contribution in [3.05, 3.63) is 70.0 Å². The smallest absolute Gasteiger partial charge is 0.123 e. The number of rotatable bonds is 10. The highest BCUT2D eigenvalue weighted by Gasteiger charge is 2.34. The first-order valence-corrected chi connectivity index (χ1v) is 12.1. The number of hydrogen-bond acceptors (Lipinski definition) is 3. The first-order chi connectivity index (χ1) is 15.3. The number of halogens is 1. The Morgan fingerprint density at radius 3 is 2.31 bits per heavy atom. The molecule has 1 aliphatic rings. The minimum Gasteiger partial charge on any atom is -0.398 e. The number of nitrogens with two attached hydrogens (primary N) is 1. The zero-order chi connectivity index (χ0) is 23.3. The van der Waals surface area contributed by atoms with Gasteiger partial charge in [-0.15, -0.1) is 0 Å². The maximum atomic E-state index is 13.5. The third-order valence-corrected chi connectivity index (χ3v) is 7.25. The molecule has 3 nitrogen and oxygen atoms in total. The van der Waals surface area contributed by atoms with E-state index in [0.29, 0.717) is 11.8 Å². The number of nitrogens with one attached hydrogen (secondary N) is 2. The Hall–Kier alpha value is -2.17. The molecule has 4 heteroatoms. The minimum absolute atomic E-state index is 0.235. The molecule has 32 heavy (non-hydrogen) atoms. The summed E-state index contributed by atoms with van der Waals surface area (Å²) >= 11 is 0. The van der Waals surface area contributed by atoms with Crippen molar-refractivity contribution >= 4 is 11.3 Å². The van der Waals surface area contributed by atoms with E-state index in [1.807, 2.05) is 0 Å². The summed E-state index contributed by atoms with van der Waals surface area (Å²) in [5.74, 6) is 1.55. The largest absolute Gasteiger partial charge is 0.398 e. The lowest BCUT2D eigenvalue weighted by molar-refractivity contribution is 0.228. The van der Waals surface area contributed by atoms with Gasteiger partial charge in [-0.3, -0.25) is 10.9 Å². The third kappa shape index (κ3) is 5.79. The molecule has 3 rings (SSSR count). The third-order valence-electron chi connectivity index (χ3n) is 7.25. The van der Waals surface area contributed by atoms with E-state index in [0.717, 1.165) is 43.1 Å². The predicted octanol–water partition coefficient (Wildman–Crippen LogP) is 6.13. The summed E-state index contributed by atoms with van der Waals surface area (Å²) in [7, 11) is 0. The van der Waals surface area contributed by atoms with Gasteiger partial charge in [0.05, 0.1) is 0 Å². The predicted molar refractivity (Wildman–Crippen MR) is 134 cm³/mol. The van der Waals surface area contributed by atoms with Gasteiger partial charge in [0.1, 0.15) is 5.82 Å². The van der Waals surface area contributed by atoms with Crippen LogP contribution in [0.4, 0.5) is 4.39 Å². The maximum Gasteiger partial charge on any atom is 0.123 e. The molecular weight excluding hydrogens is 397 g/mol. The Morgan fingerprint density at radius 2 is 1.69 bits per heavy atom. The van der Waals surface area contributed by atoms with Gasteiger partial charge in [-0.2, -0.15) is 0 Å². The zero-order valence-electron chi connectivity index (χ0n) is 20.4. The van der Waals surface area contributed by atoms with Gasteiger partial charge in [-0.25, -0.2) is 4.39 Å². The first-order valence-electron chi connectivity index (χ1n) is 12.1. The van der Waals surface area contributed by atoms with Crippen LogP contribution in [0.15, 0.2) is 36.4 Å². The van der Waals surface area contributed by atoms with Gasteiger partial charge < -0.3 is 5.73 Å². The Labute approximate surface area is 193 Å². The molecule has 174 valence electrons. The van der Waals surface area contributed by atoms with Crippen molar-refractivity contribution in [3.8, 4) is 0 Å². The minimum atomic E-state index is -0.235. The van der Waals surface area contributed by atoms with E-state index in [4.69, 9.17) is 5.73 Å². The number of hydrazine groups is 1. The summed E-state index contributed by atoms with van der Waals surface area (Å²) in [5, 5.41) is 0. The Kier molecular flexibility index (Phi) is 8.50. The topological polar surface area (TPSA) is 50.1 Å². The molecule has 0 radical (unpaired) electrons. The van der Waals surface area contributed by atoms with E-state index in [9.17, 15) is 4.39 Å². The summed E-state index contributed by atoms with van der Waals surface area (Å²) in [4.78, 5) is 0. The van der Waals surface area contributed by atoms with Gasteiger partial charge in [-0.05, 0) is 103 Å². The molecule has 1 aliphatic carbocycles. The molecule has 1 saturated carbocycles. The van der Waals surface area contributed by atoms with Crippen LogP contribution in [0.5, 0.6) is 0 Å². The molecule has 0 heterocycles. The Balaban J connectivity index is 1.77. The van der Waals surface area contributed by atoms with Crippen LogP contribution in [-0.2, 0) is 0 Å². The van der Waals surface area contributed by atoms with Crippen molar-refractivity contribution in [1.29, 1.82) is 0 Å². The van der Waals surface area contributed by atoms with Crippen LogP contribution in [0.25, 0.3) is 11.3 Å². The van der Waals surface area contributed by atoms with Crippen molar-refractivity contribution in [3.63, 3.8) is 0 Å². The van der Waals surface area contributed by atoms with Gasteiger partial charge in [-0.1, -0.05) is 44.4 Å². The molecule has 1 fully saturated rings. The maximum absolute atomic E-state index is 13.5. The van der Waals surface area contributed by atoms with Crippen LogP contribution in [0, 0.1) is 44.3 Å². The molecule has 0 bridgehead atoms. The van der Waals surface area contributed by atoms with Crippen LogP contribution < -0.4 is 16.6 Å². The lowest BCUT2D eigenvalue weighted by atomic mass is 9.68. The molecule has 2 aromatic rings. The van der Waals surface area contributed by atoms with E-state index in [-0.39, 0.29) is 5.82 Å². The van der Waals surface area contributed by atoms with Crippen molar-refractivity contribution in [1.82, 2.24) is 10.9 Å². The molecule has 0 atom stereocenters. The quantitative estimate of drug-likeness (QED) is 0.238. The standard InChI is InChI=1S/C28H40FN3/c1-6-21(7-2)16-31-32-17-22-14-24(15-22)27(26-13-18(3)12-19(4)20(26)5)28(30)23-8-10-25(29)11-9-23/h8-13,21-22,24,31-32H,6-7,14-17,30H2,1-5H3/b28-27-. The van der Waals surface area contributed by atoms with Crippen molar-refractivity contribution < 1.29 is 4.39 Å². The van der Waals surface area contributed by atoms with E-state index in [1.165, 1.54) is 52.8 Å². The van der Waals surface area contributed by atoms with Crippen molar-refractivity contribution in [2.75, 3.05) is 13.1 Å². The van der Waals surface area contributed by atoms with Crippen molar-refractivity contribution in [2.24, 2.45) is 23.5 Å². The second-order valence-corrected chi connectivity index (χ2v) is 9.57. The zero-order valence-corrected chi connectivity index (χ0v) is 20.4. The highest BCUT2D eigenvalue weighted by molar-refractivity contribution is 5.91. The summed E-state index contributed by atoms with van der Waals surface area (Å²) in [6.07, 6.45) is 4.65. The summed E-state index contributed by atoms with van der Waals surface area (Å²) in [6.45, 7) is 13.0. The fourth-order valence-electron chi connectivity index (χ4n) is 4.84. The normalized spacial score (nSPS) is 19.1. The number of hydrogen-bond donors (Lipinski definition) is 3. The first kappa shape index (κ1) is 24.5. The summed E-state index contributed by atoms with van der Waals surface area (Å²) < 4.78 is 13.5. The van der Waals surface area contributed by atoms with E-state index >= 15 is 0 Å². The number of benzene rings is 2. The fourth-order valence-corrected chi connectivity index (χ4v) is 4.84. The number of aryl methyl sites for hydroxylation is 2. The number of allylic oxidation sites excluding steroid dienone is 1. The van der Waals surface area contributed by atoms with Gasteiger partial charge in [0.15, 0.2) is 0 Å². The Bertz CT molecular complexity index is 922. The molecule has 0 amide bonds. The molecular formula is C28H40FN3. The van der Waals surface area contributed by atoms with Gasteiger partial charge >= 0.3 is 0 Å². The van der Waals surface area contributed by atoms with Crippen LogP contribution >= 0.6 is 0 Å². The van der Waals surface area contributed by atoms with Gasteiger partial charge in [0, 0.05) is 18.8 Å². The van der Waals surface area contributed by atoms with Crippen LogP contribution in [0.1, 0.15) is 67.3 Å². The second kappa shape index (κ2) is 11.1. The molecule has 0 aromatic heterocycles. The molecule has 0 saturated heterocycles. The monoisotopic (exact) mass is 437 g/mol. The average molecular weight is 438 g/mol. The van der Waals surface area contributed by atoms with Crippen LogP contribution in [-0.4, -0.2) is 13.1 Å².